The summed E-state index contributed by atoms with van der Waals surface area (Å²) in [6, 6.07) is 10.2. The molecule has 0 radical (unpaired) electrons. The molecule has 3 heteroatoms. The lowest BCUT2D eigenvalue weighted by Gasteiger charge is -2.11. The summed E-state index contributed by atoms with van der Waals surface area (Å²) in [7, 11) is 0. The molecule has 0 aliphatic rings. The zero-order valence-corrected chi connectivity index (χ0v) is 10.1. The summed E-state index contributed by atoms with van der Waals surface area (Å²) in [6.07, 6.45) is 4.75. The molecule has 0 saturated carbocycles. The Balaban J connectivity index is 1.96. The number of aromatic nitrogens is 2. The minimum Gasteiger partial charge on any atom is -0.385 e. The van der Waals surface area contributed by atoms with Gasteiger partial charge < -0.3 is 9.67 Å². The van der Waals surface area contributed by atoms with Gasteiger partial charge in [-0.25, -0.2) is 4.98 Å². The van der Waals surface area contributed by atoms with Gasteiger partial charge in [-0.05, 0) is 25.3 Å². The van der Waals surface area contributed by atoms with Gasteiger partial charge in [-0.2, -0.15) is 0 Å². The highest BCUT2D eigenvalue weighted by atomic mass is 16.3. The lowest BCUT2D eigenvalue weighted by molar-refractivity contribution is 0.153. The Labute approximate surface area is 102 Å². The third-order valence-corrected chi connectivity index (χ3v) is 2.94. The Morgan fingerprint density at radius 1 is 1.29 bits per heavy atom. The average molecular weight is 230 g/mol. The summed E-state index contributed by atoms with van der Waals surface area (Å²) in [6.45, 7) is 2.90. The number of aliphatic hydroxyl groups excluding tert-OH is 1. The van der Waals surface area contributed by atoms with Gasteiger partial charge in [-0.3, -0.25) is 0 Å². The van der Waals surface area contributed by atoms with Crippen LogP contribution >= 0.6 is 0 Å². The van der Waals surface area contributed by atoms with E-state index >= 15 is 0 Å². The van der Waals surface area contributed by atoms with Crippen molar-refractivity contribution in [2.75, 3.05) is 0 Å². The van der Waals surface area contributed by atoms with Gasteiger partial charge in [0.2, 0.25) is 0 Å². The van der Waals surface area contributed by atoms with Crippen molar-refractivity contribution in [3.05, 3.63) is 54.1 Å². The maximum Gasteiger partial charge on any atom is 0.137 e. The van der Waals surface area contributed by atoms with E-state index in [0.29, 0.717) is 6.42 Å². The van der Waals surface area contributed by atoms with Crippen LogP contribution in [-0.2, 0) is 13.0 Å². The quantitative estimate of drug-likeness (QED) is 0.857. The number of aryl methyl sites for hydroxylation is 2. The fraction of sp³-hybridized carbons (Fsp3) is 0.357. The molecule has 2 rings (SSSR count). The topological polar surface area (TPSA) is 38.0 Å². The molecule has 1 aromatic heterocycles. The van der Waals surface area contributed by atoms with Crippen molar-refractivity contribution in [3.63, 3.8) is 0 Å². The molecule has 1 heterocycles. The van der Waals surface area contributed by atoms with Crippen LogP contribution in [0.4, 0.5) is 0 Å². The number of aliphatic hydroxyl groups is 1. The highest BCUT2D eigenvalue weighted by molar-refractivity contribution is 5.15. The molecule has 17 heavy (non-hydrogen) atoms. The number of rotatable bonds is 5. The molecular weight excluding hydrogens is 212 g/mol. The second-order valence-corrected chi connectivity index (χ2v) is 4.11. The molecular formula is C14H18N2O. The number of hydrogen-bond donors (Lipinski definition) is 1. The first-order chi connectivity index (χ1) is 8.31. The molecule has 3 nitrogen and oxygen atoms in total. The molecule has 0 bridgehead atoms. The fourth-order valence-corrected chi connectivity index (χ4v) is 1.96. The van der Waals surface area contributed by atoms with Crippen molar-refractivity contribution < 1.29 is 5.11 Å². The van der Waals surface area contributed by atoms with Crippen molar-refractivity contribution in [1.29, 1.82) is 0 Å². The van der Waals surface area contributed by atoms with Crippen molar-refractivity contribution in [1.82, 2.24) is 9.55 Å². The van der Waals surface area contributed by atoms with Crippen LogP contribution in [0.5, 0.6) is 0 Å². The predicted octanol–water partition coefficient (Wildman–Crippen LogP) is 2.57. The maximum atomic E-state index is 10.1. The number of benzene rings is 1. The van der Waals surface area contributed by atoms with E-state index in [9.17, 15) is 5.11 Å². The predicted molar refractivity (Wildman–Crippen MR) is 67.6 cm³/mol. The van der Waals surface area contributed by atoms with Gasteiger partial charge in [0.1, 0.15) is 11.9 Å². The smallest absolute Gasteiger partial charge is 0.137 e. The molecule has 1 aromatic carbocycles. The molecule has 90 valence electrons. The largest absolute Gasteiger partial charge is 0.385 e. The Hall–Kier alpha value is -1.61. The summed E-state index contributed by atoms with van der Waals surface area (Å²) < 4.78 is 1.98. The first-order valence-electron chi connectivity index (χ1n) is 6.04. The van der Waals surface area contributed by atoms with Gasteiger partial charge in [0.05, 0.1) is 0 Å². The van der Waals surface area contributed by atoms with E-state index in [1.165, 1.54) is 5.56 Å². The third kappa shape index (κ3) is 2.94. The summed E-state index contributed by atoms with van der Waals surface area (Å²) >= 11 is 0. The minimum absolute atomic E-state index is 0.481. The summed E-state index contributed by atoms with van der Waals surface area (Å²) in [4.78, 5) is 4.21. The maximum absolute atomic E-state index is 10.1. The molecule has 0 unspecified atom stereocenters. The molecule has 0 fully saturated rings. The zero-order valence-electron chi connectivity index (χ0n) is 10.1. The van der Waals surface area contributed by atoms with Crippen molar-refractivity contribution >= 4 is 0 Å². The normalized spacial score (nSPS) is 12.6. The van der Waals surface area contributed by atoms with E-state index in [4.69, 9.17) is 0 Å². The number of hydrogen-bond acceptors (Lipinski definition) is 2. The Bertz CT molecular complexity index is 450. The lowest BCUT2D eigenvalue weighted by atomic mass is 10.1. The molecule has 0 saturated heterocycles. The van der Waals surface area contributed by atoms with Gasteiger partial charge in [0, 0.05) is 18.9 Å². The first-order valence-corrected chi connectivity index (χ1v) is 6.04. The van der Waals surface area contributed by atoms with Crippen LogP contribution in [0, 0.1) is 0 Å². The molecule has 0 spiro atoms. The minimum atomic E-state index is -0.481. The first kappa shape index (κ1) is 11.9. The van der Waals surface area contributed by atoms with Crippen LogP contribution in [-0.4, -0.2) is 14.7 Å². The monoisotopic (exact) mass is 230 g/mol. The van der Waals surface area contributed by atoms with E-state index < -0.39 is 6.10 Å². The SMILES string of the molecule is CCn1ccnc1[C@@H](O)CCc1ccccc1. The van der Waals surface area contributed by atoms with Crippen molar-refractivity contribution in [2.45, 2.75) is 32.4 Å². The Kier molecular flexibility index (Phi) is 3.94. The number of nitrogens with zero attached hydrogens (tertiary/aromatic N) is 2. The molecule has 0 aliphatic heterocycles. The van der Waals surface area contributed by atoms with Gasteiger partial charge in [0.15, 0.2) is 0 Å². The highest BCUT2D eigenvalue weighted by Crippen LogP contribution is 2.17. The number of imidazole rings is 1. The summed E-state index contributed by atoms with van der Waals surface area (Å²) in [5.74, 6) is 0.767. The van der Waals surface area contributed by atoms with Gasteiger partial charge >= 0.3 is 0 Å². The molecule has 1 N–H and O–H groups in total. The van der Waals surface area contributed by atoms with E-state index in [1.807, 2.05) is 29.0 Å². The molecule has 0 aliphatic carbocycles. The van der Waals surface area contributed by atoms with E-state index in [-0.39, 0.29) is 0 Å². The van der Waals surface area contributed by atoms with Crippen LogP contribution in [0.15, 0.2) is 42.7 Å². The van der Waals surface area contributed by atoms with E-state index in [2.05, 4.69) is 24.0 Å². The van der Waals surface area contributed by atoms with Crippen LogP contribution in [0.2, 0.25) is 0 Å². The Morgan fingerprint density at radius 3 is 2.76 bits per heavy atom. The van der Waals surface area contributed by atoms with Crippen LogP contribution in [0.25, 0.3) is 0 Å². The lowest BCUT2D eigenvalue weighted by Crippen LogP contribution is -2.08. The van der Waals surface area contributed by atoms with Crippen molar-refractivity contribution in [3.8, 4) is 0 Å². The van der Waals surface area contributed by atoms with E-state index in [0.717, 1.165) is 18.8 Å². The summed E-state index contributed by atoms with van der Waals surface area (Å²) in [5, 5.41) is 10.1. The van der Waals surface area contributed by atoms with Gasteiger partial charge in [-0.1, -0.05) is 30.3 Å². The third-order valence-electron chi connectivity index (χ3n) is 2.94. The van der Waals surface area contributed by atoms with Crippen LogP contribution < -0.4 is 0 Å². The van der Waals surface area contributed by atoms with Crippen LogP contribution in [0.3, 0.4) is 0 Å². The second-order valence-electron chi connectivity index (χ2n) is 4.11. The highest BCUT2D eigenvalue weighted by Gasteiger charge is 2.12. The average Bonchev–Trinajstić information content (AvgIpc) is 2.85. The standard InChI is InChI=1S/C14H18N2O/c1-2-16-11-10-15-14(16)13(17)9-8-12-6-4-3-5-7-12/h3-7,10-11,13,17H,2,8-9H2,1H3/t13-/m0/s1. The van der Waals surface area contributed by atoms with Crippen molar-refractivity contribution in [2.24, 2.45) is 0 Å². The van der Waals surface area contributed by atoms with Gasteiger partial charge in [0.25, 0.3) is 0 Å². The Morgan fingerprint density at radius 2 is 2.06 bits per heavy atom. The molecule has 1 atom stereocenters. The zero-order chi connectivity index (χ0) is 12.1. The molecule has 0 amide bonds. The summed E-state index contributed by atoms with van der Waals surface area (Å²) in [5.41, 5.74) is 1.25. The van der Waals surface area contributed by atoms with Gasteiger partial charge in [-0.15, -0.1) is 0 Å². The molecule has 2 aromatic rings. The van der Waals surface area contributed by atoms with E-state index in [1.54, 1.807) is 6.20 Å². The van der Waals surface area contributed by atoms with Crippen LogP contribution in [0.1, 0.15) is 30.8 Å². The fourth-order valence-electron chi connectivity index (χ4n) is 1.96. The second kappa shape index (κ2) is 5.64.